The molecular formula is C29H34F4N8O2. The zero-order valence-corrected chi connectivity index (χ0v) is 24.2. The normalized spacial score (nSPS) is 20.1. The topological polar surface area (TPSA) is 106 Å². The largest absolute Gasteiger partial charge is 0.406 e. The minimum atomic E-state index is -4.53. The minimum Gasteiger partial charge on any atom is -0.379 e. The number of likely N-dealkylation sites (tertiary alicyclic amines) is 1. The van der Waals surface area contributed by atoms with Crippen molar-refractivity contribution in [3.8, 4) is 11.5 Å². The molecule has 2 fully saturated rings. The average molecular weight is 603 g/mol. The van der Waals surface area contributed by atoms with Gasteiger partial charge in [-0.05, 0) is 58.2 Å². The number of carbonyl (C=O) groups excluding carboxylic acids is 1. The van der Waals surface area contributed by atoms with Crippen LogP contribution in [-0.4, -0.2) is 72.8 Å². The van der Waals surface area contributed by atoms with E-state index in [-0.39, 0.29) is 29.5 Å². The maximum absolute atomic E-state index is 15.1. The van der Waals surface area contributed by atoms with Gasteiger partial charge in [-0.25, -0.2) is 4.39 Å². The third-order valence-electron chi connectivity index (χ3n) is 7.89. The third kappa shape index (κ3) is 6.38. The number of hydrogen-bond acceptors (Lipinski definition) is 7. The summed E-state index contributed by atoms with van der Waals surface area (Å²) in [6, 6.07) is 6.55. The van der Waals surface area contributed by atoms with Crippen molar-refractivity contribution >= 4 is 22.5 Å². The van der Waals surface area contributed by atoms with Crippen LogP contribution in [0.25, 0.3) is 22.4 Å². The molecule has 2 atom stereocenters. The Morgan fingerprint density at radius 3 is 2.63 bits per heavy atom. The fourth-order valence-electron chi connectivity index (χ4n) is 5.50. The van der Waals surface area contributed by atoms with Crippen LogP contribution in [0.1, 0.15) is 56.3 Å². The highest BCUT2D eigenvalue weighted by Gasteiger charge is 2.37. The summed E-state index contributed by atoms with van der Waals surface area (Å²) in [5.74, 6) is -0.444. The summed E-state index contributed by atoms with van der Waals surface area (Å²) in [5, 5.41) is 14.6. The van der Waals surface area contributed by atoms with Gasteiger partial charge in [-0.2, -0.15) is 23.3 Å². The number of fused-ring (bicyclic) bond motifs is 1. The molecule has 1 amide bonds. The number of nitrogens with one attached hydrogen (secondary N) is 2. The summed E-state index contributed by atoms with van der Waals surface area (Å²) in [4.78, 5) is 19.1. The quantitative estimate of drug-likeness (QED) is 0.270. The fraction of sp³-hybridized carbons (Fsp3) is 0.517. The zero-order chi connectivity index (χ0) is 30.5. The monoisotopic (exact) mass is 602 g/mol. The Labute approximate surface area is 245 Å². The van der Waals surface area contributed by atoms with Crippen molar-refractivity contribution < 1.29 is 26.9 Å². The van der Waals surface area contributed by atoms with E-state index in [1.807, 2.05) is 20.8 Å². The van der Waals surface area contributed by atoms with E-state index in [9.17, 15) is 18.0 Å². The molecule has 14 heteroatoms. The molecule has 6 rings (SSSR count). The molecule has 1 aliphatic carbocycles. The Morgan fingerprint density at radius 2 is 1.95 bits per heavy atom. The summed E-state index contributed by atoms with van der Waals surface area (Å²) >= 11 is 0. The summed E-state index contributed by atoms with van der Waals surface area (Å²) < 4.78 is 64.3. The predicted octanol–water partition coefficient (Wildman–Crippen LogP) is 5.12. The number of alkyl halides is 4. The Hall–Kier alpha value is -3.94. The average Bonchev–Trinajstić information content (AvgIpc) is 3.30. The van der Waals surface area contributed by atoms with Crippen LogP contribution in [0.2, 0.25) is 0 Å². The van der Waals surface area contributed by atoms with Gasteiger partial charge in [0, 0.05) is 36.4 Å². The zero-order valence-electron chi connectivity index (χ0n) is 24.2. The highest BCUT2D eigenvalue weighted by Crippen LogP contribution is 2.36. The third-order valence-corrected chi connectivity index (χ3v) is 7.89. The molecule has 1 saturated carbocycles. The number of halogens is 4. The second-order valence-corrected chi connectivity index (χ2v) is 12.3. The van der Waals surface area contributed by atoms with Gasteiger partial charge in [0.1, 0.15) is 12.7 Å². The number of rotatable bonds is 8. The Balaban J connectivity index is 1.23. The highest BCUT2D eigenvalue weighted by molar-refractivity contribution is 5.96. The van der Waals surface area contributed by atoms with Crippen molar-refractivity contribution in [2.24, 2.45) is 0 Å². The summed E-state index contributed by atoms with van der Waals surface area (Å²) in [6.45, 7) is 5.58. The lowest BCUT2D eigenvalue weighted by molar-refractivity contribution is -0.139. The van der Waals surface area contributed by atoms with Gasteiger partial charge in [0.05, 0.1) is 41.1 Å². The van der Waals surface area contributed by atoms with Gasteiger partial charge >= 0.3 is 6.18 Å². The molecular weight excluding hydrogens is 568 g/mol. The van der Waals surface area contributed by atoms with Crippen molar-refractivity contribution in [3.63, 3.8) is 0 Å². The summed E-state index contributed by atoms with van der Waals surface area (Å²) in [5.41, 5.74) is 0.979. The number of nitrogens with zero attached hydrogens (tertiary/aromatic N) is 6. The predicted molar refractivity (Wildman–Crippen MR) is 151 cm³/mol. The van der Waals surface area contributed by atoms with E-state index in [4.69, 9.17) is 4.52 Å². The smallest absolute Gasteiger partial charge is 0.379 e. The van der Waals surface area contributed by atoms with Gasteiger partial charge in [0.15, 0.2) is 0 Å². The van der Waals surface area contributed by atoms with Gasteiger partial charge in [0.25, 0.3) is 5.91 Å². The van der Waals surface area contributed by atoms with Gasteiger partial charge in [-0.1, -0.05) is 11.2 Å². The minimum absolute atomic E-state index is 0.0245. The highest BCUT2D eigenvalue weighted by atomic mass is 19.4. The SMILES string of the molecule is CC(C)(C)n1cc(C(=O)NCc2nc(-c3cc4c(N[C@@H]5CCN(C6CC6)C[C@@H]5F)cccc4n3CC(F)(F)F)no2)cn1. The van der Waals surface area contributed by atoms with Gasteiger partial charge in [0.2, 0.25) is 11.7 Å². The van der Waals surface area contributed by atoms with E-state index < -0.39 is 30.8 Å². The van der Waals surface area contributed by atoms with Crippen molar-refractivity contribution in [1.82, 2.24) is 34.7 Å². The number of hydrogen-bond donors (Lipinski definition) is 2. The second-order valence-electron chi connectivity index (χ2n) is 12.3. The molecule has 0 unspecified atom stereocenters. The lowest BCUT2D eigenvalue weighted by atomic mass is 10.0. The second kappa shape index (κ2) is 11.0. The van der Waals surface area contributed by atoms with Gasteiger partial charge in [-0.3, -0.25) is 14.4 Å². The Kier molecular flexibility index (Phi) is 7.43. The molecule has 4 heterocycles. The van der Waals surface area contributed by atoms with E-state index in [1.165, 1.54) is 6.20 Å². The maximum Gasteiger partial charge on any atom is 0.406 e. The van der Waals surface area contributed by atoms with Crippen molar-refractivity contribution in [3.05, 3.63) is 48.1 Å². The van der Waals surface area contributed by atoms with Crippen molar-refractivity contribution in [2.75, 3.05) is 18.4 Å². The van der Waals surface area contributed by atoms with Crippen LogP contribution in [0.15, 0.2) is 41.2 Å². The van der Waals surface area contributed by atoms with Crippen molar-refractivity contribution in [2.45, 2.75) is 83.1 Å². The molecule has 1 aliphatic heterocycles. The Morgan fingerprint density at radius 1 is 1.16 bits per heavy atom. The molecule has 2 aliphatic rings. The van der Waals surface area contributed by atoms with E-state index in [0.717, 1.165) is 24.0 Å². The number of piperidine rings is 1. The first-order valence-corrected chi connectivity index (χ1v) is 14.4. The summed E-state index contributed by atoms with van der Waals surface area (Å²) in [7, 11) is 0. The van der Waals surface area contributed by atoms with Crippen LogP contribution in [0.5, 0.6) is 0 Å². The molecule has 0 spiro atoms. The fourth-order valence-corrected chi connectivity index (χ4v) is 5.50. The molecule has 0 radical (unpaired) electrons. The molecule has 0 bridgehead atoms. The van der Waals surface area contributed by atoms with E-state index in [2.05, 4.69) is 30.8 Å². The summed E-state index contributed by atoms with van der Waals surface area (Å²) in [6.07, 6.45) is 0.252. The van der Waals surface area contributed by atoms with Crippen LogP contribution in [0, 0.1) is 0 Å². The lowest BCUT2D eigenvalue weighted by Gasteiger charge is -2.35. The van der Waals surface area contributed by atoms with Crippen molar-refractivity contribution in [1.29, 1.82) is 0 Å². The maximum atomic E-state index is 15.1. The molecule has 43 heavy (non-hydrogen) atoms. The number of amides is 1. The Bertz CT molecular complexity index is 1610. The molecule has 1 saturated heterocycles. The van der Waals surface area contributed by atoms with E-state index in [0.29, 0.717) is 41.2 Å². The van der Waals surface area contributed by atoms with Crippen LogP contribution in [0.4, 0.5) is 23.2 Å². The molecule has 3 aromatic heterocycles. The number of aromatic nitrogens is 5. The van der Waals surface area contributed by atoms with E-state index in [1.54, 1.807) is 35.1 Å². The lowest BCUT2D eigenvalue weighted by Crippen LogP contribution is -2.48. The molecule has 10 nitrogen and oxygen atoms in total. The standard InChI is InChI=1S/C29H34F4N8O2/c1-28(2,3)41-14-17(12-35-41)27(42)34-13-25-37-26(38-43-25)24-11-19-21(5-4-6-23(19)40(24)16-29(31,32)33)36-22-9-10-39(15-20(22)30)18-7-8-18/h4-6,11-12,14,18,20,22,36H,7-10,13,15-16H2,1-3H3,(H,34,42)/t20-,22+/m0/s1. The number of benzene rings is 1. The molecule has 4 aromatic rings. The number of carbonyl (C=O) groups is 1. The first-order valence-electron chi connectivity index (χ1n) is 14.4. The number of anilines is 1. The first kappa shape index (κ1) is 29.1. The van der Waals surface area contributed by atoms with Gasteiger partial charge < -0.3 is 19.7 Å². The molecule has 230 valence electrons. The van der Waals surface area contributed by atoms with Crippen LogP contribution in [-0.2, 0) is 18.6 Å². The van der Waals surface area contributed by atoms with Crippen LogP contribution >= 0.6 is 0 Å². The van der Waals surface area contributed by atoms with Gasteiger partial charge in [-0.15, -0.1) is 0 Å². The molecule has 1 aromatic carbocycles. The van der Waals surface area contributed by atoms with E-state index >= 15 is 4.39 Å². The van der Waals surface area contributed by atoms with Crippen LogP contribution in [0.3, 0.4) is 0 Å². The molecule has 2 N–H and O–H groups in total. The first-order chi connectivity index (χ1) is 20.4. The van der Waals surface area contributed by atoms with Crippen LogP contribution < -0.4 is 10.6 Å².